The minimum atomic E-state index is 0.401. The van der Waals surface area contributed by atoms with E-state index >= 15 is 0 Å². The monoisotopic (exact) mass is 289 g/mol. The second-order valence-electron chi connectivity index (χ2n) is 6.01. The van der Waals surface area contributed by atoms with E-state index in [1.165, 1.54) is 16.5 Å². The van der Waals surface area contributed by atoms with Crippen LogP contribution < -0.4 is 0 Å². The van der Waals surface area contributed by atoms with Gasteiger partial charge in [-0.25, -0.2) is 0 Å². The van der Waals surface area contributed by atoms with Crippen molar-refractivity contribution in [2.45, 2.75) is 19.5 Å². The minimum Gasteiger partial charge on any atom is -0.508 e. The first-order valence-electron chi connectivity index (χ1n) is 7.80. The van der Waals surface area contributed by atoms with E-state index in [1.54, 1.807) is 0 Å². The molecule has 2 heteroatoms. The van der Waals surface area contributed by atoms with Gasteiger partial charge in [-0.15, -0.1) is 0 Å². The highest BCUT2D eigenvalue weighted by Crippen LogP contribution is 2.30. The van der Waals surface area contributed by atoms with Gasteiger partial charge in [-0.2, -0.15) is 0 Å². The molecule has 3 aromatic carbocycles. The number of hydrogen-bond donors (Lipinski definition) is 1. The van der Waals surface area contributed by atoms with Crippen LogP contribution in [0, 0.1) is 0 Å². The standard InChI is InChI=1S/C20H19NO/c22-20-10-9-16-6-3-4-8-18(16)19(20)14-21-12-11-15-5-1-2-7-17(15)13-21/h1-10,22H,11-14H2. The molecule has 0 fully saturated rings. The Kier molecular flexibility index (Phi) is 3.32. The van der Waals surface area contributed by atoms with Crippen LogP contribution in [0.5, 0.6) is 5.75 Å². The van der Waals surface area contributed by atoms with Crippen molar-refractivity contribution in [3.63, 3.8) is 0 Å². The van der Waals surface area contributed by atoms with E-state index < -0.39 is 0 Å². The van der Waals surface area contributed by atoms with Crippen molar-refractivity contribution < 1.29 is 5.11 Å². The smallest absolute Gasteiger partial charge is 0.120 e. The Morgan fingerprint density at radius 3 is 2.55 bits per heavy atom. The van der Waals surface area contributed by atoms with Crippen LogP contribution >= 0.6 is 0 Å². The number of phenolic OH excluding ortho intramolecular Hbond substituents is 1. The lowest BCUT2D eigenvalue weighted by Gasteiger charge is -2.29. The number of fused-ring (bicyclic) bond motifs is 2. The summed E-state index contributed by atoms with van der Waals surface area (Å²) in [4.78, 5) is 2.42. The molecule has 0 aliphatic carbocycles. The van der Waals surface area contributed by atoms with Crippen molar-refractivity contribution in [2.75, 3.05) is 6.54 Å². The van der Waals surface area contributed by atoms with Crippen LogP contribution in [-0.4, -0.2) is 16.6 Å². The van der Waals surface area contributed by atoms with Gasteiger partial charge in [0.2, 0.25) is 0 Å². The maximum absolute atomic E-state index is 10.3. The number of rotatable bonds is 2. The quantitative estimate of drug-likeness (QED) is 0.767. The summed E-state index contributed by atoms with van der Waals surface area (Å²) in [6.07, 6.45) is 1.09. The molecule has 3 aromatic rings. The number of aromatic hydroxyl groups is 1. The molecular weight excluding hydrogens is 270 g/mol. The Hall–Kier alpha value is -2.32. The molecular formula is C20H19NO. The zero-order chi connectivity index (χ0) is 14.9. The SMILES string of the molecule is Oc1ccc2ccccc2c1CN1CCc2ccccc2C1. The summed E-state index contributed by atoms with van der Waals surface area (Å²) in [6.45, 7) is 2.79. The molecule has 1 heterocycles. The molecule has 22 heavy (non-hydrogen) atoms. The van der Waals surface area contributed by atoms with E-state index in [4.69, 9.17) is 0 Å². The number of phenols is 1. The van der Waals surface area contributed by atoms with Gasteiger partial charge in [-0.05, 0) is 34.4 Å². The molecule has 0 radical (unpaired) electrons. The third kappa shape index (κ3) is 2.36. The fourth-order valence-electron chi connectivity index (χ4n) is 3.40. The van der Waals surface area contributed by atoms with Gasteiger partial charge in [0.15, 0.2) is 0 Å². The molecule has 4 rings (SSSR count). The highest BCUT2D eigenvalue weighted by Gasteiger charge is 2.18. The largest absolute Gasteiger partial charge is 0.508 e. The molecule has 0 amide bonds. The predicted octanol–water partition coefficient (Wildman–Crippen LogP) is 4.10. The first kappa shape index (κ1) is 13.4. The summed E-state index contributed by atoms with van der Waals surface area (Å²) in [7, 11) is 0. The van der Waals surface area contributed by atoms with Gasteiger partial charge in [0.1, 0.15) is 5.75 Å². The van der Waals surface area contributed by atoms with Crippen molar-refractivity contribution in [3.8, 4) is 5.75 Å². The third-order valence-corrected chi connectivity index (χ3v) is 4.61. The summed E-state index contributed by atoms with van der Waals surface area (Å²) in [5, 5.41) is 12.6. The molecule has 0 saturated carbocycles. The van der Waals surface area contributed by atoms with Crippen molar-refractivity contribution in [1.29, 1.82) is 0 Å². The van der Waals surface area contributed by atoms with Gasteiger partial charge in [0, 0.05) is 25.2 Å². The van der Waals surface area contributed by atoms with Gasteiger partial charge in [0.25, 0.3) is 0 Å². The molecule has 0 spiro atoms. The summed E-state index contributed by atoms with van der Waals surface area (Å²) >= 11 is 0. The average molecular weight is 289 g/mol. The van der Waals surface area contributed by atoms with Crippen LogP contribution in [0.3, 0.4) is 0 Å². The fourth-order valence-corrected chi connectivity index (χ4v) is 3.40. The Morgan fingerprint density at radius 2 is 1.64 bits per heavy atom. The van der Waals surface area contributed by atoms with E-state index in [-0.39, 0.29) is 0 Å². The maximum Gasteiger partial charge on any atom is 0.120 e. The lowest BCUT2D eigenvalue weighted by Crippen LogP contribution is -2.30. The van der Waals surface area contributed by atoms with Crippen molar-refractivity contribution >= 4 is 10.8 Å². The number of hydrogen-bond acceptors (Lipinski definition) is 2. The van der Waals surface area contributed by atoms with Crippen LogP contribution in [0.2, 0.25) is 0 Å². The van der Waals surface area contributed by atoms with Gasteiger partial charge in [0.05, 0.1) is 0 Å². The first-order valence-corrected chi connectivity index (χ1v) is 7.80. The molecule has 0 unspecified atom stereocenters. The van der Waals surface area contributed by atoms with Crippen LogP contribution in [0.4, 0.5) is 0 Å². The summed E-state index contributed by atoms with van der Waals surface area (Å²) in [6, 6.07) is 20.7. The third-order valence-electron chi connectivity index (χ3n) is 4.61. The van der Waals surface area contributed by atoms with E-state index in [0.29, 0.717) is 5.75 Å². The molecule has 2 nitrogen and oxygen atoms in total. The van der Waals surface area contributed by atoms with Gasteiger partial charge in [-0.1, -0.05) is 54.6 Å². The van der Waals surface area contributed by atoms with Gasteiger partial charge >= 0.3 is 0 Å². The van der Waals surface area contributed by atoms with Gasteiger partial charge in [-0.3, -0.25) is 4.90 Å². The summed E-state index contributed by atoms with van der Waals surface area (Å²) < 4.78 is 0. The Balaban J connectivity index is 1.66. The predicted molar refractivity (Wildman–Crippen MR) is 89.9 cm³/mol. The minimum absolute atomic E-state index is 0.401. The molecule has 1 aliphatic heterocycles. The molecule has 0 aromatic heterocycles. The molecule has 0 atom stereocenters. The highest BCUT2D eigenvalue weighted by molar-refractivity contribution is 5.87. The highest BCUT2D eigenvalue weighted by atomic mass is 16.3. The molecule has 110 valence electrons. The zero-order valence-electron chi connectivity index (χ0n) is 12.5. The number of nitrogens with zero attached hydrogens (tertiary/aromatic N) is 1. The zero-order valence-corrected chi connectivity index (χ0v) is 12.5. The van der Waals surface area contributed by atoms with Gasteiger partial charge < -0.3 is 5.11 Å². The van der Waals surface area contributed by atoms with Crippen LogP contribution in [0.1, 0.15) is 16.7 Å². The lowest BCUT2D eigenvalue weighted by molar-refractivity contribution is 0.243. The maximum atomic E-state index is 10.3. The fraction of sp³-hybridized carbons (Fsp3) is 0.200. The Labute approximate surface area is 130 Å². The molecule has 1 N–H and O–H groups in total. The summed E-state index contributed by atoms with van der Waals surface area (Å²) in [5.41, 5.74) is 3.91. The Bertz CT molecular complexity index is 825. The van der Waals surface area contributed by atoms with E-state index in [2.05, 4.69) is 41.3 Å². The molecule has 1 aliphatic rings. The normalized spacial score (nSPS) is 14.9. The second kappa shape index (κ2) is 5.47. The van der Waals surface area contributed by atoms with E-state index in [1.807, 2.05) is 24.3 Å². The van der Waals surface area contributed by atoms with Crippen LogP contribution in [0.15, 0.2) is 60.7 Å². The molecule has 0 bridgehead atoms. The number of benzene rings is 3. The lowest BCUT2D eigenvalue weighted by atomic mass is 9.98. The van der Waals surface area contributed by atoms with Crippen molar-refractivity contribution in [2.24, 2.45) is 0 Å². The first-order chi connectivity index (χ1) is 10.8. The topological polar surface area (TPSA) is 23.5 Å². The average Bonchev–Trinajstić information content (AvgIpc) is 2.57. The second-order valence-corrected chi connectivity index (χ2v) is 6.01. The Morgan fingerprint density at radius 1 is 0.864 bits per heavy atom. The van der Waals surface area contributed by atoms with E-state index in [9.17, 15) is 5.11 Å². The van der Waals surface area contributed by atoms with E-state index in [0.717, 1.165) is 37.0 Å². The van der Waals surface area contributed by atoms with Crippen molar-refractivity contribution in [3.05, 3.63) is 77.4 Å². The molecule has 0 saturated heterocycles. The van der Waals surface area contributed by atoms with Crippen molar-refractivity contribution in [1.82, 2.24) is 4.90 Å². The van der Waals surface area contributed by atoms with Crippen LogP contribution in [-0.2, 0) is 19.5 Å². The summed E-state index contributed by atoms with van der Waals surface area (Å²) in [5.74, 6) is 0.401. The van der Waals surface area contributed by atoms with Crippen LogP contribution in [0.25, 0.3) is 10.8 Å².